The van der Waals surface area contributed by atoms with Gasteiger partial charge in [-0.3, -0.25) is 4.79 Å². The first-order valence-corrected chi connectivity index (χ1v) is 10.9. The fourth-order valence-corrected chi connectivity index (χ4v) is 4.45. The first kappa shape index (κ1) is 18.9. The summed E-state index contributed by atoms with van der Waals surface area (Å²) in [5.41, 5.74) is 0.571. The number of amides is 1. The number of nitrogens with one attached hydrogen (secondary N) is 1. The lowest BCUT2D eigenvalue weighted by Gasteiger charge is -2.44. The van der Waals surface area contributed by atoms with Gasteiger partial charge >= 0.3 is 0 Å². The van der Waals surface area contributed by atoms with Gasteiger partial charge in [-0.2, -0.15) is 0 Å². The van der Waals surface area contributed by atoms with Crippen LogP contribution in [0.1, 0.15) is 23.2 Å². The Balaban J connectivity index is 1.40. The number of nitrogens with two attached hydrogens (primary N) is 1. The minimum absolute atomic E-state index is 0.0153. The number of ether oxygens (including phenoxy) is 1. The number of piperidine rings is 3. The van der Waals surface area contributed by atoms with Crippen LogP contribution in [-0.4, -0.2) is 44.9 Å². The molecular weight excluding hydrogens is 378 g/mol. The van der Waals surface area contributed by atoms with E-state index >= 15 is 0 Å². The van der Waals surface area contributed by atoms with Crippen LogP contribution in [0.5, 0.6) is 11.5 Å². The van der Waals surface area contributed by atoms with Crippen molar-refractivity contribution < 1.29 is 17.9 Å². The van der Waals surface area contributed by atoms with E-state index < -0.39 is 10.0 Å². The second kappa shape index (κ2) is 7.54. The van der Waals surface area contributed by atoms with Crippen molar-refractivity contribution in [1.29, 1.82) is 0 Å². The average Bonchev–Trinajstić information content (AvgIpc) is 2.69. The Labute approximate surface area is 164 Å². The molecule has 5 rings (SSSR count). The molecule has 1 amide bonds. The highest BCUT2D eigenvalue weighted by molar-refractivity contribution is 7.89. The molecule has 3 heterocycles. The van der Waals surface area contributed by atoms with Crippen LogP contribution < -0.4 is 15.2 Å². The molecule has 3 fully saturated rings. The minimum Gasteiger partial charge on any atom is -0.457 e. The Kier molecular flexibility index (Phi) is 5.09. The van der Waals surface area contributed by atoms with E-state index in [1.807, 2.05) is 0 Å². The highest BCUT2D eigenvalue weighted by Crippen LogP contribution is 2.28. The van der Waals surface area contributed by atoms with E-state index in [1.54, 1.807) is 36.4 Å². The predicted molar refractivity (Wildman–Crippen MR) is 105 cm³/mol. The Morgan fingerprint density at radius 1 is 1.07 bits per heavy atom. The smallest absolute Gasteiger partial charge is 0.251 e. The van der Waals surface area contributed by atoms with Crippen molar-refractivity contribution in [3.8, 4) is 11.5 Å². The maximum absolute atomic E-state index is 12.6. The van der Waals surface area contributed by atoms with Crippen LogP contribution >= 0.6 is 0 Å². The predicted octanol–water partition coefficient (Wildman–Crippen LogP) is 1.95. The standard InChI is InChI=1S/C20H23N3O4S/c21-28(25,26)18-3-1-2-17(12-18)27-16-6-4-15(5-7-16)20(24)22-19-13-23-10-8-14(19)9-11-23/h1-7,12,14,19H,8-11,13H2,(H,22,24)(H2,21,25,26)/t19-/m0/s1. The first-order valence-electron chi connectivity index (χ1n) is 9.32. The number of hydrogen-bond donors (Lipinski definition) is 2. The van der Waals surface area contributed by atoms with Crippen LogP contribution in [0.2, 0.25) is 0 Å². The van der Waals surface area contributed by atoms with E-state index in [0.717, 1.165) is 32.5 Å². The molecule has 2 aromatic carbocycles. The van der Waals surface area contributed by atoms with Crippen molar-refractivity contribution in [2.24, 2.45) is 11.1 Å². The topological polar surface area (TPSA) is 102 Å². The van der Waals surface area contributed by atoms with E-state index in [2.05, 4.69) is 10.2 Å². The second-order valence-electron chi connectivity index (χ2n) is 7.36. The molecule has 0 saturated carbocycles. The summed E-state index contributed by atoms with van der Waals surface area (Å²) in [6.45, 7) is 3.20. The average molecular weight is 401 g/mol. The third-order valence-electron chi connectivity index (χ3n) is 5.46. The lowest BCUT2D eigenvalue weighted by molar-refractivity contribution is 0.0620. The van der Waals surface area contributed by atoms with Gasteiger partial charge in [0.25, 0.3) is 5.91 Å². The fraction of sp³-hybridized carbons (Fsp3) is 0.350. The molecule has 0 unspecified atom stereocenters. The van der Waals surface area contributed by atoms with Gasteiger partial charge in [0, 0.05) is 24.2 Å². The van der Waals surface area contributed by atoms with Gasteiger partial charge in [0.05, 0.1) is 4.90 Å². The molecule has 148 valence electrons. The van der Waals surface area contributed by atoms with Gasteiger partial charge in [0.2, 0.25) is 10.0 Å². The van der Waals surface area contributed by atoms with Crippen LogP contribution in [0.3, 0.4) is 0 Å². The van der Waals surface area contributed by atoms with E-state index in [0.29, 0.717) is 23.0 Å². The first-order chi connectivity index (χ1) is 13.4. The maximum Gasteiger partial charge on any atom is 0.251 e. The number of primary sulfonamides is 1. The minimum atomic E-state index is -3.79. The summed E-state index contributed by atoms with van der Waals surface area (Å²) >= 11 is 0. The molecule has 3 saturated heterocycles. The van der Waals surface area contributed by atoms with Crippen molar-refractivity contribution in [2.75, 3.05) is 19.6 Å². The molecule has 1 atom stereocenters. The second-order valence-corrected chi connectivity index (χ2v) is 8.93. The van der Waals surface area contributed by atoms with E-state index in [9.17, 15) is 13.2 Å². The summed E-state index contributed by atoms with van der Waals surface area (Å²) < 4.78 is 28.6. The van der Waals surface area contributed by atoms with Crippen LogP contribution in [0.4, 0.5) is 0 Å². The van der Waals surface area contributed by atoms with Gasteiger partial charge in [-0.1, -0.05) is 6.07 Å². The molecule has 8 heteroatoms. The number of benzene rings is 2. The molecule has 0 aliphatic carbocycles. The highest BCUT2D eigenvalue weighted by atomic mass is 32.2. The molecule has 7 nitrogen and oxygen atoms in total. The number of carbonyl (C=O) groups excluding carboxylic acids is 1. The van der Waals surface area contributed by atoms with Gasteiger partial charge in [-0.05, 0) is 68.2 Å². The molecule has 28 heavy (non-hydrogen) atoms. The van der Waals surface area contributed by atoms with E-state index in [4.69, 9.17) is 9.88 Å². The quantitative estimate of drug-likeness (QED) is 0.797. The number of hydrogen-bond acceptors (Lipinski definition) is 5. The fourth-order valence-electron chi connectivity index (χ4n) is 3.91. The van der Waals surface area contributed by atoms with Crippen molar-refractivity contribution in [1.82, 2.24) is 10.2 Å². The molecule has 3 aliphatic heterocycles. The molecule has 2 bridgehead atoms. The zero-order valence-electron chi connectivity index (χ0n) is 15.4. The zero-order valence-corrected chi connectivity index (χ0v) is 16.2. The normalized spacial score (nSPS) is 24.0. The maximum atomic E-state index is 12.6. The number of fused-ring (bicyclic) bond motifs is 3. The number of sulfonamides is 1. The third kappa shape index (κ3) is 4.19. The Hall–Kier alpha value is -2.42. The molecule has 0 spiro atoms. The van der Waals surface area contributed by atoms with Gasteiger partial charge in [0.1, 0.15) is 11.5 Å². The number of rotatable bonds is 5. The summed E-state index contributed by atoms with van der Waals surface area (Å²) in [7, 11) is -3.79. The highest BCUT2D eigenvalue weighted by Gasteiger charge is 2.34. The third-order valence-corrected chi connectivity index (χ3v) is 6.37. The Morgan fingerprint density at radius 3 is 2.39 bits per heavy atom. The van der Waals surface area contributed by atoms with Gasteiger partial charge < -0.3 is 15.0 Å². The molecule has 0 aromatic heterocycles. The number of carbonyl (C=O) groups is 1. The lowest BCUT2D eigenvalue weighted by Crippen LogP contribution is -2.57. The van der Waals surface area contributed by atoms with Gasteiger partial charge in [0.15, 0.2) is 0 Å². The molecule has 2 aromatic rings. The molecule has 3 aliphatic rings. The molecule has 3 N–H and O–H groups in total. The molecule has 0 radical (unpaired) electrons. The summed E-state index contributed by atoms with van der Waals surface area (Å²) in [5.74, 6) is 1.35. The van der Waals surface area contributed by atoms with Gasteiger partial charge in [-0.25, -0.2) is 13.6 Å². The van der Waals surface area contributed by atoms with Crippen molar-refractivity contribution >= 4 is 15.9 Å². The molecular formula is C20H23N3O4S. The van der Waals surface area contributed by atoms with Crippen LogP contribution in [0, 0.1) is 5.92 Å². The van der Waals surface area contributed by atoms with Gasteiger partial charge in [-0.15, -0.1) is 0 Å². The van der Waals surface area contributed by atoms with Crippen LogP contribution in [0.15, 0.2) is 53.4 Å². The monoisotopic (exact) mass is 401 g/mol. The largest absolute Gasteiger partial charge is 0.457 e. The van der Waals surface area contributed by atoms with E-state index in [1.165, 1.54) is 12.1 Å². The van der Waals surface area contributed by atoms with Crippen molar-refractivity contribution in [2.45, 2.75) is 23.8 Å². The van der Waals surface area contributed by atoms with E-state index in [-0.39, 0.29) is 16.8 Å². The zero-order chi connectivity index (χ0) is 19.7. The summed E-state index contributed by atoms with van der Waals surface area (Å²) in [4.78, 5) is 14.9. The van der Waals surface area contributed by atoms with Crippen molar-refractivity contribution in [3.63, 3.8) is 0 Å². The lowest BCUT2D eigenvalue weighted by atomic mass is 9.84. The van der Waals surface area contributed by atoms with Crippen LogP contribution in [0.25, 0.3) is 0 Å². The number of nitrogens with zero attached hydrogens (tertiary/aromatic N) is 1. The summed E-state index contributed by atoms with van der Waals surface area (Å²) in [6, 6.07) is 13.0. The SMILES string of the molecule is NS(=O)(=O)c1cccc(Oc2ccc(C(=O)N[C@H]3CN4CCC3CC4)cc2)c1. The van der Waals surface area contributed by atoms with Crippen LogP contribution in [-0.2, 0) is 10.0 Å². The Morgan fingerprint density at radius 2 is 1.79 bits per heavy atom. The summed E-state index contributed by atoms with van der Waals surface area (Å²) in [6.07, 6.45) is 2.30. The van der Waals surface area contributed by atoms with Crippen molar-refractivity contribution in [3.05, 3.63) is 54.1 Å². The Bertz CT molecular complexity index is 967. The summed E-state index contributed by atoms with van der Waals surface area (Å²) in [5, 5.41) is 8.30.